The van der Waals surface area contributed by atoms with Gasteiger partial charge in [0.1, 0.15) is 0 Å². The smallest absolute Gasteiger partial charge is 0.240 e. The molecule has 7 heteroatoms. The van der Waals surface area contributed by atoms with Crippen molar-refractivity contribution in [2.24, 2.45) is 5.92 Å². The number of rotatable bonds is 5. The van der Waals surface area contributed by atoms with Crippen LogP contribution < -0.4 is 14.5 Å². The van der Waals surface area contributed by atoms with Gasteiger partial charge < -0.3 is 9.80 Å². The van der Waals surface area contributed by atoms with Crippen molar-refractivity contribution in [3.8, 4) is 0 Å². The highest BCUT2D eigenvalue weighted by atomic mass is 32.2. The van der Waals surface area contributed by atoms with E-state index in [0.29, 0.717) is 18.9 Å². The average Bonchev–Trinajstić information content (AvgIpc) is 3.16. The summed E-state index contributed by atoms with van der Waals surface area (Å²) in [4.78, 5) is 16.0. The standard InChI is InChI=1S/C23H29N3O3S/c1-17-4-3-12-25(16-17)21-7-5-19(6-8-21)15-24-30(28,29)22-9-10-23-20(14-22)11-13-26(23)18(2)27/h5-10,14,17,24H,3-4,11-13,15-16H2,1-2H3. The number of hydrogen-bond donors (Lipinski definition) is 1. The molecule has 1 unspecified atom stereocenters. The summed E-state index contributed by atoms with van der Waals surface area (Å²) in [6.07, 6.45) is 3.17. The summed E-state index contributed by atoms with van der Waals surface area (Å²) >= 11 is 0. The van der Waals surface area contributed by atoms with Crippen molar-refractivity contribution in [3.63, 3.8) is 0 Å². The first kappa shape index (κ1) is 20.9. The zero-order chi connectivity index (χ0) is 21.3. The summed E-state index contributed by atoms with van der Waals surface area (Å²) in [7, 11) is -3.62. The predicted molar refractivity (Wildman–Crippen MR) is 119 cm³/mol. The normalized spacial score (nSPS) is 19.1. The molecular weight excluding hydrogens is 398 g/mol. The third-order valence-corrected chi connectivity index (χ3v) is 7.46. The van der Waals surface area contributed by atoms with Gasteiger partial charge in [0.05, 0.1) is 4.90 Å². The number of sulfonamides is 1. The third kappa shape index (κ3) is 4.37. The molecule has 0 spiro atoms. The lowest BCUT2D eigenvalue weighted by Gasteiger charge is -2.32. The van der Waals surface area contributed by atoms with E-state index < -0.39 is 10.0 Å². The summed E-state index contributed by atoms with van der Waals surface area (Å²) in [6, 6.07) is 13.1. The number of carbonyl (C=O) groups excluding carboxylic acids is 1. The molecule has 2 aliphatic rings. The van der Waals surface area contributed by atoms with E-state index in [1.54, 1.807) is 23.1 Å². The second-order valence-electron chi connectivity index (χ2n) is 8.40. The van der Waals surface area contributed by atoms with Crippen LogP contribution in [0.4, 0.5) is 11.4 Å². The molecule has 1 fully saturated rings. The van der Waals surface area contributed by atoms with E-state index in [-0.39, 0.29) is 17.3 Å². The van der Waals surface area contributed by atoms with Crippen molar-refractivity contribution >= 4 is 27.3 Å². The molecule has 1 amide bonds. The molecule has 30 heavy (non-hydrogen) atoms. The van der Waals surface area contributed by atoms with Gasteiger partial charge in [0.25, 0.3) is 0 Å². The van der Waals surface area contributed by atoms with Gasteiger partial charge in [0.15, 0.2) is 0 Å². The molecule has 1 saturated heterocycles. The summed E-state index contributed by atoms with van der Waals surface area (Å²) in [5, 5.41) is 0. The van der Waals surface area contributed by atoms with Gasteiger partial charge in [-0.1, -0.05) is 19.1 Å². The lowest BCUT2D eigenvalue weighted by Crippen LogP contribution is -2.34. The lowest BCUT2D eigenvalue weighted by molar-refractivity contribution is -0.116. The number of nitrogens with zero attached hydrogens (tertiary/aromatic N) is 2. The molecule has 4 rings (SSSR count). The first-order valence-corrected chi connectivity index (χ1v) is 12.1. The summed E-state index contributed by atoms with van der Waals surface area (Å²) < 4.78 is 28.2. The molecule has 2 aromatic rings. The first-order valence-electron chi connectivity index (χ1n) is 10.6. The van der Waals surface area contributed by atoms with Crippen LogP contribution in [0.1, 0.15) is 37.8 Å². The molecule has 0 radical (unpaired) electrons. The number of hydrogen-bond acceptors (Lipinski definition) is 4. The highest BCUT2D eigenvalue weighted by Gasteiger charge is 2.24. The Balaban J connectivity index is 1.41. The minimum Gasteiger partial charge on any atom is -0.371 e. The van der Waals surface area contributed by atoms with Crippen molar-refractivity contribution in [2.75, 3.05) is 29.4 Å². The fraction of sp³-hybridized carbons (Fsp3) is 0.435. The molecule has 6 nitrogen and oxygen atoms in total. The number of anilines is 2. The molecule has 0 saturated carbocycles. The zero-order valence-corrected chi connectivity index (χ0v) is 18.4. The number of benzene rings is 2. The Hall–Kier alpha value is -2.38. The van der Waals surface area contributed by atoms with Crippen molar-refractivity contribution < 1.29 is 13.2 Å². The zero-order valence-electron chi connectivity index (χ0n) is 17.6. The molecular formula is C23H29N3O3S. The fourth-order valence-corrected chi connectivity index (χ4v) is 5.45. The van der Waals surface area contributed by atoms with E-state index in [2.05, 4.69) is 28.7 Å². The van der Waals surface area contributed by atoms with Crippen LogP contribution in [-0.2, 0) is 27.8 Å². The maximum absolute atomic E-state index is 12.8. The summed E-state index contributed by atoms with van der Waals surface area (Å²) in [5.41, 5.74) is 3.83. The Morgan fingerprint density at radius 3 is 2.60 bits per heavy atom. The van der Waals surface area contributed by atoms with E-state index in [0.717, 1.165) is 29.9 Å². The minimum atomic E-state index is -3.62. The van der Waals surface area contributed by atoms with Crippen molar-refractivity contribution in [3.05, 3.63) is 53.6 Å². The lowest BCUT2D eigenvalue weighted by atomic mass is 9.99. The topological polar surface area (TPSA) is 69.7 Å². The average molecular weight is 428 g/mol. The Morgan fingerprint density at radius 2 is 1.90 bits per heavy atom. The number of nitrogens with one attached hydrogen (secondary N) is 1. The van der Waals surface area contributed by atoms with Crippen molar-refractivity contribution in [1.29, 1.82) is 0 Å². The molecule has 1 N–H and O–H groups in total. The molecule has 0 aliphatic carbocycles. The van der Waals surface area contributed by atoms with Crippen molar-refractivity contribution in [1.82, 2.24) is 4.72 Å². The maximum atomic E-state index is 12.8. The first-order chi connectivity index (χ1) is 14.3. The monoisotopic (exact) mass is 427 g/mol. The second-order valence-corrected chi connectivity index (χ2v) is 10.2. The van der Waals surface area contributed by atoms with Gasteiger partial charge in [-0.15, -0.1) is 0 Å². The number of fused-ring (bicyclic) bond motifs is 1. The van der Waals surface area contributed by atoms with Gasteiger partial charge in [0.2, 0.25) is 15.9 Å². The second kappa shape index (κ2) is 8.40. The molecule has 160 valence electrons. The molecule has 2 aliphatic heterocycles. The van der Waals surface area contributed by atoms with Crippen molar-refractivity contribution in [2.45, 2.75) is 44.6 Å². The van der Waals surface area contributed by atoms with Gasteiger partial charge >= 0.3 is 0 Å². The van der Waals surface area contributed by atoms with Crippen LogP contribution in [0, 0.1) is 5.92 Å². The largest absolute Gasteiger partial charge is 0.371 e. The van der Waals surface area contributed by atoms with Crippen LogP contribution in [0.2, 0.25) is 0 Å². The van der Waals surface area contributed by atoms with Crippen LogP contribution in [0.15, 0.2) is 47.4 Å². The van der Waals surface area contributed by atoms with E-state index in [4.69, 9.17) is 0 Å². The van der Waals surface area contributed by atoms with Crippen LogP contribution in [0.25, 0.3) is 0 Å². The highest BCUT2D eigenvalue weighted by molar-refractivity contribution is 7.89. The Labute approximate surface area is 178 Å². The molecule has 0 aromatic heterocycles. The van der Waals surface area contributed by atoms with Gasteiger partial charge in [-0.05, 0) is 66.6 Å². The van der Waals surface area contributed by atoms with Gasteiger partial charge in [0, 0.05) is 44.5 Å². The highest BCUT2D eigenvalue weighted by Crippen LogP contribution is 2.30. The number of carbonyl (C=O) groups is 1. The molecule has 2 aromatic carbocycles. The molecule has 0 bridgehead atoms. The summed E-state index contributed by atoms with van der Waals surface area (Å²) in [6.45, 7) is 6.81. The summed E-state index contributed by atoms with van der Waals surface area (Å²) in [5.74, 6) is 0.685. The number of piperidine rings is 1. The Bertz CT molecular complexity index is 1030. The Morgan fingerprint density at radius 1 is 1.13 bits per heavy atom. The van der Waals surface area contributed by atoms with Crippen LogP contribution in [0.3, 0.4) is 0 Å². The van der Waals surface area contributed by atoms with E-state index in [1.165, 1.54) is 25.5 Å². The quantitative estimate of drug-likeness (QED) is 0.795. The Kier molecular flexibility index (Phi) is 5.84. The minimum absolute atomic E-state index is 0.0232. The van der Waals surface area contributed by atoms with Gasteiger partial charge in [-0.3, -0.25) is 4.79 Å². The number of amides is 1. The molecule has 1 atom stereocenters. The predicted octanol–water partition coefficient (Wildman–Crippen LogP) is 3.31. The van der Waals surface area contributed by atoms with E-state index in [9.17, 15) is 13.2 Å². The van der Waals surface area contributed by atoms with Gasteiger partial charge in [-0.25, -0.2) is 13.1 Å². The maximum Gasteiger partial charge on any atom is 0.240 e. The van der Waals surface area contributed by atoms with Crippen LogP contribution in [-0.4, -0.2) is 34.0 Å². The van der Waals surface area contributed by atoms with Crippen LogP contribution >= 0.6 is 0 Å². The fourth-order valence-electron chi connectivity index (χ4n) is 4.38. The van der Waals surface area contributed by atoms with Crippen LogP contribution in [0.5, 0.6) is 0 Å². The van der Waals surface area contributed by atoms with E-state index in [1.807, 2.05) is 12.1 Å². The van der Waals surface area contributed by atoms with E-state index >= 15 is 0 Å². The SMILES string of the molecule is CC(=O)N1CCc2cc(S(=O)(=O)NCc3ccc(N4CCCC(C)C4)cc3)ccc21. The van der Waals surface area contributed by atoms with Gasteiger partial charge in [-0.2, -0.15) is 0 Å². The third-order valence-electron chi connectivity index (χ3n) is 6.06. The molecule has 2 heterocycles.